The van der Waals surface area contributed by atoms with Crippen LogP contribution in [0.4, 0.5) is 11.4 Å². The molecule has 2 rings (SSSR count). The number of hydrogen-bond acceptors (Lipinski definition) is 4. The number of nitrogen functional groups attached to an aromatic ring is 1. The molecule has 6 heteroatoms. The van der Waals surface area contributed by atoms with Crippen LogP contribution in [0.15, 0.2) is 36.4 Å². The Morgan fingerprint density at radius 3 is 2.90 bits per heavy atom. The number of anilines is 2. The van der Waals surface area contributed by atoms with Crippen molar-refractivity contribution in [2.45, 2.75) is 6.92 Å². The number of nitrogens with two attached hydrogens (primary N) is 1. The van der Waals surface area contributed by atoms with Crippen LogP contribution < -0.4 is 15.8 Å². The number of carbonyl (C=O) groups is 1. The minimum atomic E-state index is -0.278. The van der Waals surface area contributed by atoms with Gasteiger partial charge >= 0.3 is 0 Å². The number of nitrogens with one attached hydrogen (secondary N) is 1. The van der Waals surface area contributed by atoms with Crippen LogP contribution in [0.1, 0.15) is 5.69 Å². The molecule has 3 N–H and O–H groups in total. The Morgan fingerprint density at radius 1 is 1.40 bits per heavy atom. The Labute approximate surface area is 121 Å². The van der Waals surface area contributed by atoms with Crippen molar-refractivity contribution >= 4 is 28.9 Å². The van der Waals surface area contributed by atoms with E-state index in [4.69, 9.17) is 22.1 Å². The number of halogens is 1. The number of ether oxygens (including phenoxy) is 1. The van der Waals surface area contributed by atoms with E-state index in [-0.39, 0.29) is 12.5 Å². The number of pyridine rings is 1. The molecule has 0 aliphatic carbocycles. The van der Waals surface area contributed by atoms with Crippen LogP contribution in [-0.2, 0) is 4.79 Å². The lowest BCUT2D eigenvalue weighted by Crippen LogP contribution is -2.20. The fraction of sp³-hybridized carbons (Fsp3) is 0.143. The molecule has 0 saturated carbocycles. The van der Waals surface area contributed by atoms with E-state index in [2.05, 4.69) is 10.3 Å². The van der Waals surface area contributed by atoms with Crippen LogP contribution in [0, 0.1) is 6.92 Å². The van der Waals surface area contributed by atoms with E-state index in [0.717, 1.165) is 0 Å². The maximum Gasteiger partial charge on any atom is 0.262 e. The number of aryl methyl sites for hydroxylation is 1. The normalized spacial score (nSPS) is 10.1. The van der Waals surface area contributed by atoms with Gasteiger partial charge in [0.05, 0.1) is 11.4 Å². The molecule has 0 unspecified atom stereocenters. The predicted molar refractivity (Wildman–Crippen MR) is 79.0 cm³/mol. The van der Waals surface area contributed by atoms with Crippen LogP contribution in [0.3, 0.4) is 0 Å². The van der Waals surface area contributed by atoms with E-state index in [1.54, 1.807) is 43.3 Å². The zero-order valence-corrected chi connectivity index (χ0v) is 11.6. The van der Waals surface area contributed by atoms with Gasteiger partial charge in [0, 0.05) is 11.8 Å². The monoisotopic (exact) mass is 291 g/mol. The number of carbonyl (C=O) groups excluding carboxylic acids is 1. The molecule has 0 spiro atoms. The molecule has 0 atom stereocenters. The Balaban J connectivity index is 1.92. The first-order valence-corrected chi connectivity index (χ1v) is 6.34. The van der Waals surface area contributed by atoms with Gasteiger partial charge in [-0.25, -0.2) is 4.98 Å². The average molecular weight is 292 g/mol. The molecule has 20 heavy (non-hydrogen) atoms. The van der Waals surface area contributed by atoms with E-state index >= 15 is 0 Å². The van der Waals surface area contributed by atoms with E-state index in [1.165, 1.54) is 0 Å². The summed E-state index contributed by atoms with van der Waals surface area (Å²) in [6, 6.07) is 10.2. The van der Waals surface area contributed by atoms with E-state index < -0.39 is 0 Å². The molecule has 2 aromatic rings. The number of rotatable bonds is 4. The summed E-state index contributed by atoms with van der Waals surface area (Å²) in [5, 5.41) is 3.09. The SMILES string of the molecule is Cc1nc(Cl)ccc1NC(=O)COc1cccc(N)c1. The van der Waals surface area contributed by atoms with Gasteiger partial charge in [-0.3, -0.25) is 4.79 Å². The molecule has 0 radical (unpaired) electrons. The minimum absolute atomic E-state index is 0.106. The summed E-state index contributed by atoms with van der Waals surface area (Å²) >= 11 is 5.75. The standard InChI is InChI=1S/C14H14ClN3O2/c1-9-12(5-6-13(15)17-9)18-14(19)8-20-11-4-2-3-10(16)7-11/h2-7H,8,16H2,1H3,(H,18,19). The number of nitrogens with zero attached hydrogens (tertiary/aromatic N) is 1. The van der Waals surface area contributed by atoms with Crippen LogP contribution >= 0.6 is 11.6 Å². The zero-order valence-electron chi connectivity index (χ0n) is 10.9. The van der Waals surface area contributed by atoms with Crippen molar-refractivity contribution in [3.63, 3.8) is 0 Å². The molecular formula is C14H14ClN3O2. The molecule has 0 saturated heterocycles. The average Bonchev–Trinajstić information content (AvgIpc) is 2.40. The smallest absolute Gasteiger partial charge is 0.262 e. The first kappa shape index (κ1) is 14.1. The fourth-order valence-electron chi connectivity index (χ4n) is 1.60. The van der Waals surface area contributed by atoms with Crippen LogP contribution in [0.25, 0.3) is 0 Å². The van der Waals surface area contributed by atoms with E-state index in [1.807, 2.05) is 0 Å². The van der Waals surface area contributed by atoms with Crippen molar-refractivity contribution in [1.82, 2.24) is 4.98 Å². The Hall–Kier alpha value is -2.27. The molecule has 5 nitrogen and oxygen atoms in total. The second-order valence-electron chi connectivity index (χ2n) is 4.18. The van der Waals surface area contributed by atoms with Gasteiger partial charge in [0.2, 0.25) is 0 Å². The molecule has 1 aromatic heterocycles. The maximum atomic E-state index is 11.8. The summed E-state index contributed by atoms with van der Waals surface area (Å²) < 4.78 is 5.35. The maximum absolute atomic E-state index is 11.8. The molecule has 104 valence electrons. The van der Waals surface area contributed by atoms with Crippen LogP contribution in [0.2, 0.25) is 5.15 Å². The number of aromatic nitrogens is 1. The van der Waals surface area contributed by atoms with Crippen LogP contribution in [-0.4, -0.2) is 17.5 Å². The van der Waals surface area contributed by atoms with Crippen molar-refractivity contribution < 1.29 is 9.53 Å². The summed E-state index contributed by atoms with van der Waals surface area (Å²) in [7, 11) is 0. The third-order valence-electron chi connectivity index (χ3n) is 2.55. The van der Waals surface area contributed by atoms with Crippen molar-refractivity contribution in [3.8, 4) is 5.75 Å². The molecule has 0 aliphatic rings. The van der Waals surface area contributed by atoms with Gasteiger partial charge in [-0.1, -0.05) is 17.7 Å². The van der Waals surface area contributed by atoms with Crippen molar-refractivity contribution in [3.05, 3.63) is 47.2 Å². The predicted octanol–water partition coefficient (Wildman–Crippen LogP) is 2.64. The van der Waals surface area contributed by atoms with Gasteiger partial charge in [-0.05, 0) is 31.2 Å². The molecule has 1 amide bonds. The summed E-state index contributed by atoms with van der Waals surface area (Å²) in [6.07, 6.45) is 0. The molecule has 1 heterocycles. The molecule has 1 aromatic carbocycles. The highest BCUT2D eigenvalue weighted by Crippen LogP contribution is 2.16. The second-order valence-corrected chi connectivity index (χ2v) is 4.56. The topological polar surface area (TPSA) is 77.2 Å². The first-order chi connectivity index (χ1) is 9.54. The lowest BCUT2D eigenvalue weighted by Gasteiger charge is -2.09. The molecule has 0 aliphatic heterocycles. The second kappa shape index (κ2) is 6.25. The van der Waals surface area contributed by atoms with Gasteiger partial charge in [-0.15, -0.1) is 0 Å². The van der Waals surface area contributed by atoms with Crippen molar-refractivity contribution in [2.75, 3.05) is 17.7 Å². The summed E-state index contributed by atoms with van der Waals surface area (Å²) in [4.78, 5) is 15.8. The molecule has 0 fully saturated rings. The third-order valence-corrected chi connectivity index (χ3v) is 2.76. The first-order valence-electron chi connectivity index (χ1n) is 5.96. The van der Waals surface area contributed by atoms with E-state index in [9.17, 15) is 4.79 Å². The Morgan fingerprint density at radius 2 is 2.20 bits per heavy atom. The van der Waals surface area contributed by atoms with Gasteiger partial charge in [0.1, 0.15) is 10.9 Å². The van der Waals surface area contributed by atoms with Crippen molar-refractivity contribution in [2.24, 2.45) is 0 Å². The number of amides is 1. The third kappa shape index (κ3) is 3.86. The number of benzene rings is 1. The summed E-state index contributed by atoms with van der Waals surface area (Å²) in [6.45, 7) is 1.66. The lowest BCUT2D eigenvalue weighted by atomic mass is 10.3. The highest BCUT2D eigenvalue weighted by Gasteiger charge is 2.07. The highest BCUT2D eigenvalue weighted by molar-refractivity contribution is 6.29. The lowest BCUT2D eigenvalue weighted by molar-refractivity contribution is -0.118. The fourth-order valence-corrected chi connectivity index (χ4v) is 1.79. The zero-order chi connectivity index (χ0) is 14.5. The number of hydrogen-bond donors (Lipinski definition) is 2. The van der Waals surface area contributed by atoms with Gasteiger partial charge in [0.25, 0.3) is 5.91 Å². The Bertz CT molecular complexity index is 632. The largest absolute Gasteiger partial charge is 0.484 e. The van der Waals surface area contributed by atoms with Gasteiger partial charge < -0.3 is 15.8 Å². The van der Waals surface area contributed by atoms with E-state index in [0.29, 0.717) is 28.0 Å². The summed E-state index contributed by atoms with van der Waals surface area (Å²) in [5.41, 5.74) is 7.46. The van der Waals surface area contributed by atoms with Crippen LogP contribution in [0.5, 0.6) is 5.75 Å². The highest BCUT2D eigenvalue weighted by atomic mass is 35.5. The molecule has 0 bridgehead atoms. The van der Waals surface area contributed by atoms with Gasteiger partial charge in [0.15, 0.2) is 6.61 Å². The van der Waals surface area contributed by atoms with Gasteiger partial charge in [-0.2, -0.15) is 0 Å². The quantitative estimate of drug-likeness (QED) is 0.670. The van der Waals surface area contributed by atoms with Crippen molar-refractivity contribution in [1.29, 1.82) is 0 Å². The summed E-state index contributed by atoms with van der Waals surface area (Å²) in [5.74, 6) is 0.269. The minimum Gasteiger partial charge on any atom is -0.484 e. The molecular weight excluding hydrogens is 278 g/mol. The Kier molecular flexibility index (Phi) is 4.42.